The summed E-state index contributed by atoms with van der Waals surface area (Å²) < 4.78 is 17.8. The van der Waals surface area contributed by atoms with Gasteiger partial charge < -0.3 is 13.9 Å². The van der Waals surface area contributed by atoms with Gasteiger partial charge in [0.25, 0.3) is 0 Å². The Balaban J connectivity index is 3.46. The molecule has 0 radical (unpaired) electrons. The minimum Gasteiger partial charge on any atom is -0.414 e. The predicted molar refractivity (Wildman–Crippen MR) is 83.7 cm³/mol. The zero-order valence-electron chi connectivity index (χ0n) is 11.8. The van der Waals surface area contributed by atoms with Crippen LogP contribution >= 0.6 is 22.6 Å². The van der Waals surface area contributed by atoms with E-state index in [0.29, 0.717) is 26.4 Å². The fraction of sp³-hybridized carbons (Fsp3) is 1.00. The van der Waals surface area contributed by atoms with E-state index < -0.39 is 8.32 Å². The van der Waals surface area contributed by atoms with E-state index in [0.717, 1.165) is 11.0 Å². The molecule has 0 bridgehead atoms. The van der Waals surface area contributed by atoms with Crippen molar-refractivity contribution in [1.82, 2.24) is 0 Å². The topological polar surface area (TPSA) is 27.7 Å². The zero-order chi connectivity index (χ0) is 13.4. The Bertz CT molecular complexity index is 193. The third-order valence-corrected chi connectivity index (χ3v) is 8.07. The molecule has 0 saturated heterocycles. The highest BCUT2D eigenvalue weighted by Crippen LogP contribution is 2.36. The quantitative estimate of drug-likeness (QED) is 0.268. The van der Waals surface area contributed by atoms with Gasteiger partial charge in [0, 0.05) is 4.43 Å². The summed E-state index contributed by atoms with van der Waals surface area (Å²) in [6.45, 7) is 14.8. The van der Waals surface area contributed by atoms with Crippen molar-refractivity contribution in [2.24, 2.45) is 0 Å². The Morgan fingerprint density at radius 2 is 1.35 bits per heavy atom. The standard InChI is InChI=1S/C12H27IO3Si/c1-12(2,3)17(4,5)16-11-10-15-9-8-14-7-6-13/h6-11H2,1-5H3. The lowest BCUT2D eigenvalue weighted by atomic mass is 10.2. The fourth-order valence-electron chi connectivity index (χ4n) is 0.949. The molecule has 0 aromatic carbocycles. The van der Waals surface area contributed by atoms with Crippen molar-refractivity contribution < 1.29 is 13.9 Å². The van der Waals surface area contributed by atoms with Crippen LogP contribution in [0.4, 0.5) is 0 Å². The maximum atomic E-state index is 5.99. The van der Waals surface area contributed by atoms with Crippen molar-refractivity contribution in [2.45, 2.75) is 38.9 Å². The van der Waals surface area contributed by atoms with Crippen molar-refractivity contribution in [2.75, 3.05) is 37.5 Å². The minimum atomic E-state index is -1.60. The van der Waals surface area contributed by atoms with Crippen LogP contribution in [-0.4, -0.2) is 45.8 Å². The van der Waals surface area contributed by atoms with Gasteiger partial charge in [0.1, 0.15) is 0 Å². The maximum absolute atomic E-state index is 5.99. The second kappa shape index (κ2) is 8.85. The molecule has 0 atom stereocenters. The van der Waals surface area contributed by atoms with E-state index in [2.05, 4.69) is 56.5 Å². The molecule has 0 aromatic heterocycles. The number of alkyl halides is 1. The van der Waals surface area contributed by atoms with Crippen LogP contribution in [0.3, 0.4) is 0 Å². The van der Waals surface area contributed by atoms with Crippen LogP contribution in [0.5, 0.6) is 0 Å². The highest BCUT2D eigenvalue weighted by Gasteiger charge is 2.36. The molecule has 0 heterocycles. The Kier molecular flexibility index (Phi) is 9.28. The maximum Gasteiger partial charge on any atom is 0.192 e. The van der Waals surface area contributed by atoms with Crippen molar-refractivity contribution in [1.29, 1.82) is 0 Å². The van der Waals surface area contributed by atoms with Crippen molar-refractivity contribution >= 4 is 30.9 Å². The largest absolute Gasteiger partial charge is 0.414 e. The lowest BCUT2D eigenvalue weighted by Gasteiger charge is -2.36. The molecule has 104 valence electrons. The average molecular weight is 374 g/mol. The Labute approximate surface area is 121 Å². The number of halogens is 1. The lowest BCUT2D eigenvalue weighted by molar-refractivity contribution is 0.0398. The molecule has 5 heteroatoms. The van der Waals surface area contributed by atoms with Gasteiger partial charge in [-0.05, 0) is 18.1 Å². The molecular formula is C12H27IO3Si. The summed E-state index contributed by atoms with van der Waals surface area (Å²) >= 11 is 2.30. The van der Waals surface area contributed by atoms with Crippen LogP contribution in [0.2, 0.25) is 18.1 Å². The van der Waals surface area contributed by atoms with E-state index >= 15 is 0 Å². The summed E-state index contributed by atoms with van der Waals surface area (Å²) in [7, 11) is -1.60. The first-order valence-corrected chi connectivity index (χ1v) is 10.6. The van der Waals surface area contributed by atoms with E-state index in [9.17, 15) is 0 Å². The van der Waals surface area contributed by atoms with E-state index in [1.807, 2.05) is 0 Å². The van der Waals surface area contributed by atoms with Crippen LogP contribution in [0, 0.1) is 0 Å². The molecule has 0 spiro atoms. The van der Waals surface area contributed by atoms with Gasteiger partial charge in [0.15, 0.2) is 8.32 Å². The van der Waals surface area contributed by atoms with Gasteiger partial charge in [-0.2, -0.15) is 0 Å². The fourth-order valence-corrected chi connectivity index (χ4v) is 2.29. The van der Waals surface area contributed by atoms with Crippen LogP contribution < -0.4 is 0 Å². The molecule has 0 aromatic rings. The van der Waals surface area contributed by atoms with E-state index in [4.69, 9.17) is 13.9 Å². The summed E-state index contributed by atoms with van der Waals surface area (Å²) in [4.78, 5) is 0. The Morgan fingerprint density at radius 1 is 0.882 bits per heavy atom. The third-order valence-electron chi connectivity index (χ3n) is 3.09. The molecule has 0 amide bonds. The van der Waals surface area contributed by atoms with E-state index in [1.165, 1.54) is 0 Å². The highest BCUT2D eigenvalue weighted by molar-refractivity contribution is 14.1. The molecule has 0 saturated carbocycles. The van der Waals surface area contributed by atoms with Crippen LogP contribution in [0.15, 0.2) is 0 Å². The monoisotopic (exact) mass is 374 g/mol. The van der Waals surface area contributed by atoms with Crippen LogP contribution in [0.1, 0.15) is 20.8 Å². The first-order chi connectivity index (χ1) is 7.81. The molecule has 3 nitrogen and oxygen atoms in total. The molecule has 0 unspecified atom stereocenters. The summed E-state index contributed by atoms with van der Waals surface area (Å²) in [5.41, 5.74) is 0. The Hall–Kier alpha value is 0.827. The van der Waals surface area contributed by atoms with Gasteiger partial charge in [-0.1, -0.05) is 43.4 Å². The summed E-state index contributed by atoms with van der Waals surface area (Å²) in [5, 5.41) is 0.274. The SMILES string of the molecule is CC(C)(C)[Si](C)(C)OCCOCCOCCI. The molecule has 0 aliphatic heterocycles. The molecule has 0 rings (SSSR count). The summed E-state index contributed by atoms with van der Waals surface area (Å²) in [5.74, 6) is 0. The van der Waals surface area contributed by atoms with E-state index in [1.54, 1.807) is 0 Å². The summed E-state index contributed by atoms with van der Waals surface area (Å²) in [6.07, 6.45) is 0. The smallest absolute Gasteiger partial charge is 0.192 e. The predicted octanol–water partition coefficient (Wildman–Crippen LogP) is 3.48. The number of rotatable bonds is 9. The van der Waals surface area contributed by atoms with Crippen LogP contribution in [0.25, 0.3) is 0 Å². The number of hydrogen-bond donors (Lipinski definition) is 0. The number of ether oxygens (including phenoxy) is 2. The van der Waals surface area contributed by atoms with Crippen molar-refractivity contribution in [3.8, 4) is 0 Å². The van der Waals surface area contributed by atoms with Gasteiger partial charge in [0.05, 0.1) is 33.0 Å². The molecule has 0 aliphatic rings. The first kappa shape index (κ1) is 17.8. The van der Waals surface area contributed by atoms with Gasteiger partial charge in [0.2, 0.25) is 0 Å². The molecule has 0 aliphatic carbocycles. The Morgan fingerprint density at radius 3 is 1.82 bits per heavy atom. The lowest BCUT2D eigenvalue weighted by Crippen LogP contribution is -2.41. The van der Waals surface area contributed by atoms with Gasteiger partial charge in [-0.15, -0.1) is 0 Å². The second-order valence-electron chi connectivity index (χ2n) is 5.52. The molecule has 17 heavy (non-hydrogen) atoms. The van der Waals surface area contributed by atoms with Crippen molar-refractivity contribution in [3.05, 3.63) is 0 Å². The molecule has 0 fully saturated rings. The van der Waals surface area contributed by atoms with Crippen LogP contribution in [-0.2, 0) is 13.9 Å². The molecular weight excluding hydrogens is 347 g/mol. The van der Waals surface area contributed by atoms with Gasteiger partial charge in [-0.3, -0.25) is 0 Å². The van der Waals surface area contributed by atoms with Crippen molar-refractivity contribution in [3.63, 3.8) is 0 Å². The second-order valence-corrected chi connectivity index (χ2v) is 11.4. The first-order valence-electron chi connectivity index (χ1n) is 6.16. The minimum absolute atomic E-state index is 0.274. The van der Waals surface area contributed by atoms with Gasteiger partial charge >= 0.3 is 0 Å². The zero-order valence-corrected chi connectivity index (χ0v) is 15.0. The third kappa shape index (κ3) is 8.53. The average Bonchev–Trinajstić information content (AvgIpc) is 2.20. The molecule has 0 N–H and O–H groups in total. The normalized spacial score (nSPS) is 13.1. The van der Waals surface area contributed by atoms with Gasteiger partial charge in [-0.25, -0.2) is 0 Å². The summed E-state index contributed by atoms with van der Waals surface area (Å²) in [6, 6.07) is 0. The highest BCUT2D eigenvalue weighted by atomic mass is 127. The van der Waals surface area contributed by atoms with E-state index in [-0.39, 0.29) is 5.04 Å². The number of hydrogen-bond acceptors (Lipinski definition) is 3.